The highest BCUT2D eigenvalue weighted by Gasteiger charge is 1.86. The summed E-state index contributed by atoms with van der Waals surface area (Å²) in [6.45, 7) is 0. The van der Waals surface area contributed by atoms with Gasteiger partial charge in [0, 0.05) is 0 Å². The molecule has 11 nitrogen and oxygen atoms in total. The Labute approximate surface area is 77.9 Å². The van der Waals surface area contributed by atoms with Crippen LogP contribution in [0.5, 0.6) is 0 Å². The molecule has 0 bridgehead atoms. The highest BCUT2D eigenvalue weighted by atomic mass is 16.6. The molecule has 14 heavy (non-hydrogen) atoms. The minimum Gasteiger partial charge on any atom is -0.450 e. The van der Waals surface area contributed by atoms with Gasteiger partial charge in [-0.05, 0) is 0 Å². The minimum absolute atomic E-state index is 0. The van der Waals surface area contributed by atoms with Gasteiger partial charge in [0.25, 0.3) is 0 Å². The van der Waals surface area contributed by atoms with Gasteiger partial charge in [-0.3, -0.25) is 0 Å². The van der Waals surface area contributed by atoms with Crippen LogP contribution in [0.3, 0.4) is 0 Å². The average Bonchev–Trinajstić information content (AvgIpc) is 1.82. The summed E-state index contributed by atoms with van der Waals surface area (Å²) in [5.74, 6) is 0. The standard InChI is InChI=1S/C2H4N4O2.CH2O3.2H3N/c3-1(7)5-6-2(4)8;2-1(3)4;;/h(H2,3,7)(H2,4,8);(H2,2,3,4);2*1H3. The van der Waals surface area contributed by atoms with E-state index in [9.17, 15) is 9.59 Å². The van der Waals surface area contributed by atoms with E-state index >= 15 is 0 Å². The molecule has 0 unspecified atom stereocenters. The summed E-state index contributed by atoms with van der Waals surface area (Å²) in [5, 5.41) is 19.2. The van der Waals surface area contributed by atoms with Gasteiger partial charge in [-0.2, -0.15) is 0 Å². The molecule has 0 saturated heterocycles. The van der Waals surface area contributed by atoms with Crippen molar-refractivity contribution in [2.75, 3.05) is 0 Å². The monoisotopic (exact) mass is 212 g/mol. The summed E-state index contributed by atoms with van der Waals surface area (Å²) in [6, 6.07) is -2.08. The zero-order chi connectivity index (χ0) is 10.1. The normalized spacial score (nSPS) is 7.14. The van der Waals surface area contributed by atoms with Crippen LogP contribution in [-0.2, 0) is 0 Å². The Morgan fingerprint density at radius 3 is 1.07 bits per heavy atom. The molecule has 11 heteroatoms. The van der Waals surface area contributed by atoms with Crippen LogP contribution in [0.2, 0.25) is 0 Å². The number of nitrogens with two attached hydrogens (primary N) is 2. The van der Waals surface area contributed by atoms with Gasteiger partial charge < -0.3 is 34.0 Å². The number of amides is 4. The first-order valence-corrected chi connectivity index (χ1v) is 2.28. The topological polar surface area (TPSA) is 238 Å². The van der Waals surface area contributed by atoms with Crippen molar-refractivity contribution >= 4 is 18.2 Å². The number of rotatable bonds is 0. The molecular weight excluding hydrogens is 200 g/mol. The van der Waals surface area contributed by atoms with E-state index < -0.39 is 18.2 Å². The zero-order valence-electron chi connectivity index (χ0n) is 7.08. The molecule has 0 spiro atoms. The Balaban J connectivity index is -0.0000000733. The minimum atomic E-state index is -1.83. The quantitative estimate of drug-likeness (QED) is 0.303. The average molecular weight is 212 g/mol. The van der Waals surface area contributed by atoms with Gasteiger partial charge >= 0.3 is 18.2 Å². The number of urea groups is 2. The Morgan fingerprint density at radius 2 is 1.00 bits per heavy atom. The van der Waals surface area contributed by atoms with Crippen LogP contribution in [0, 0.1) is 0 Å². The molecule has 0 aromatic heterocycles. The second-order valence-corrected chi connectivity index (χ2v) is 1.16. The molecule has 0 heterocycles. The second-order valence-electron chi connectivity index (χ2n) is 1.16. The molecular formula is C3H12N6O5. The predicted octanol–water partition coefficient (Wildman–Crippen LogP) is 0.142. The molecule has 0 aliphatic heterocycles. The molecule has 0 aliphatic carbocycles. The van der Waals surface area contributed by atoms with Crippen molar-refractivity contribution < 1.29 is 24.6 Å². The van der Waals surface area contributed by atoms with Gasteiger partial charge in [-0.1, -0.05) is 10.2 Å². The van der Waals surface area contributed by atoms with Crippen molar-refractivity contribution in [2.45, 2.75) is 0 Å². The molecule has 0 aromatic rings. The molecule has 0 rings (SSSR count). The van der Waals surface area contributed by atoms with E-state index in [0.29, 0.717) is 0 Å². The lowest BCUT2D eigenvalue weighted by atomic mass is 11.1. The first kappa shape index (κ1) is 22.6. The number of hydrogen-bond donors (Lipinski definition) is 6. The first-order chi connectivity index (χ1) is 5.36. The van der Waals surface area contributed by atoms with Crippen molar-refractivity contribution in [1.29, 1.82) is 0 Å². The number of carbonyl (C=O) groups is 3. The first-order valence-electron chi connectivity index (χ1n) is 2.28. The summed E-state index contributed by atoms with van der Waals surface area (Å²) < 4.78 is 0. The lowest BCUT2D eigenvalue weighted by Crippen LogP contribution is -2.07. The lowest BCUT2D eigenvalue weighted by molar-refractivity contribution is 0.137. The molecule has 0 aliphatic rings. The molecule has 84 valence electrons. The van der Waals surface area contributed by atoms with Gasteiger partial charge in [0.05, 0.1) is 0 Å². The Hall–Kier alpha value is -2.27. The van der Waals surface area contributed by atoms with Crippen LogP contribution in [0.15, 0.2) is 10.2 Å². The van der Waals surface area contributed by atoms with Crippen molar-refractivity contribution in [2.24, 2.45) is 21.7 Å². The molecule has 0 radical (unpaired) electrons. The third kappa shape index (κ3) is 99.5. The SMILES string of the molecule is N.N.NC(=O)N=NC(N)=O.O=C(O)O. The number of nitrogens with zero attached hydrogens (tertiary/aromatic N) is 2. The number of carboxylic acid groups (broad SMARTS) is 2. The summed E-state index contributed by atoms with van der Waals surface area (Å²) in [5.41, 5.74) is 8.87. The van der Waals surface area contributed by atoms with Gasteiger partial charge in [0.1, 0.15) is 0 Å². The maximum atomic E-state index is 9.66. The number of carbonyl (C=O) groups excluding carboxylic acids is 2. The fraction of sp³-hybridized carbons (Fsp3) is 0. The Bertz CT molecular complexity index is 194. The fourth-order valence-electron chi connectivity index (χ4n) is 0.0986. The van der Waals surface area contributed by atoms with Crippen molar-refractivity contribution in [3.05, 3.63) is 0 Å². The molecule has 12 N–H and O–H groups in total. The molecule has 0 fully saturated rings. The number of azo groups is 1. The summed E-state index contributed by atoms with van der Waals surface area (Å²) in [7, 11) is 0. The number of primary amides is 2. The molecule has 0 aromatic carbocycles. The van der Waals surface area contributed by atoms with Gasteiger partial charge in [-0.15, -0.1) is 0 Å². The highest BCUT2D eigenvalue weighted by molar-refractivity contribution is 5.77. The third-order valence-electron chi connectivity index (χ3n) is 0.247. The summed E-state index contributed by atoms with van der Waals surface area (Å²) >= 11 is 0. The summed E-state index contributed by atoms with van der Waals surface area (Å²) in [4.78, 5) is 27.9. The van der Waals surface area contributed by atoms with Gasteiger partial charge in [0.15, 0.2) is 0 Å². The third-order valence-corrected chi connectivity index (χ3v) is 0.247. The van der Waals surface area contributed by atoms with Crippen molar-refractivity contribution in [3.8, 4) is 0 Å². The maximum Gasteiger partial charge on any atom is 0.503 e. The largest absolute Gasteiger partial charge is 0.503 e. The van der Waals surface area contributed by atoms with E-state index in [2.05, 4.69) is 21.7 Å². The van der Waals surface area contributed by atoms with E-state index in [1.165, 1.54) is 0 Å². The lowest BCUT2D eigenvalue weighted by Gasteiger charge is -1.74. The van der Waals surface area contributed by atoms with Gasteiger partial charge in [-0.25, -0.2) is 14.4 Å². The van der Waals surface area contributed by atoms with Crippen LogP contribution in [-0.4, -0.2) is 28.4 Å². The van der Waals surface area contributed by atoms with Gasteiger partial charge in [0.2, 0.25) is 0 Å². The Kier molecular flexibility index (Phi) is 21.5. The van der Waals surface area contributed by atoms with E-state index in [0.717, 1.165) is 0 Å². The van der Waals surface area contributed by atoms with E-state index in [4.69, 9.17) is 15.0 Å². The van der Waals surface area contributed by atoms with E-state index in [1.807, 2.05) is 0 Å². The van der Waals surface area contributed by atoms with Crippen LogP contribution in [0.4, 0.5) is 14.4 Å². The van der Waals surface area contributed by atoms with Crippen LogP contribution >= 0.6 is 0 Å². The maximum absolute atomic E-state index is 9.66. The molecule has 0 saturated carbocycles. The zero-order valence-corrected chi connectivity index (χ0v) is 7.08. The molecule has 4 amide bonds. The van der Waals surface area contributed by atoms with E-state index in [1.54, 1.807) is 0 Å². The predicted molar refractivity (Wildman–Crippen MR) is 44.7 cm³/mol. The highest BCUT2D eigenvalue weighted by Crippen LogP contribution is 1.72. The van der Waals surface area contributed by atoms with Crippen molar-refractivity contribution in [1.82, 2.24) is 12.3 Å². The molecule has 0 atom stereocenters. The fourth-order valence-corrected chi connectivity index (χ4v) is 0.0986. The van der Waals surface area contributed by atoms with Crippen LogP contribution < -0.4 is 23.8 Å². The summed E-state index contributed by atoms with van der Waals surface area (Å²) in [6.07, 6.45) is -1.83. The van der Waals surface area contributed by atoms with Crippen molar-refractivity contribution in [3.63, 3.8) is 0 Å². The number of hydrogen-bond acceptors (Lipinski definition) is 5. The second kappa shape index (κ2) is 13.3. The smallest absolute Gasteiger partial charge is 0.450 e. The van der Waals surface area contributed by atoms with Crippen LogP contribution in [0.25, 0.3) is 0 Å². The Morgan fingerprint density at radius 1 is 0.857 bits per heavy atom. The van der Waals surface area contributed by atoms with E-state index in [-0.39, 0.29) is 12.3 Å². The van der Waals surface area contributed by atoms with Crippen LogP contribution in [0.1, 0.15) is 0 Å².